The molecule has 0 aliphatic carbocycles. The van der Waals surface area contributed by atoms with Gasteiger partial charge in [-0.1, -0.05) is 0 Å². The number of hydrogen-bond donors (Lipinski definition) is 1. The molecular formula is C21H15F3N4O3S. The van der Waals surface area contributed by atoms with Crippen LogP contribution >= 0.6 is 11.3 Å². The van der Waals surface area contributed by atoms with E-state index in [9.17, 15) is 18.0 Å². The molecule has 2 heterocycles. The van der Waals surface area contributed by atoms with E-state index in [1.165, 1.54) is 58.5 Å². The molecule has 2 aromatic heterocycles. The number of halogens is 3. The van der Waals surface area contributed by atoms with E-state index in [-0.39, 0.29) is 24.0 Å². The standard InChI is InChI=1S/C21H15F3N4O3S/c22-14-3-7-15(8-4-14)30-12-28-10-9-17(27-28)19(29)26-21-25-18(11-32-21)13-1-5-16(6-2-13)31-20(23)24/h1-11,20H,12H2,(H,25,26,29). The Hall–Kier alpha value is -3.86. The van der Waals surface area contributed by atoms with E-state index in [0.29, 0.717) is 22.1 Å². The van der Waals surface area contributed by atoms with Gasteiger partial charge < -0.3 is 9.47 Å². The molecule has 164 valence electrons. The van der Waals surface area contributed by atoms with Gasteiger partial charge in [0.05, 0.1) is 5.69 Å². The molecule has 0 saturated heterocycles. The molecule has 0 fully saturated rings. The SMILES string of the molecule is O=C(Nc1nc(-c2ccc(OC(F)F)cc2)cs1)c1ccn(COc2ccc(F)cc2)n1. The molecular weight excluding hydrogens is 445 g/mol. The van der Waals surface area contributed by atoms with Crippen molar-refractivity contribution in [2.75, 3.05) is 5.32 Å². The van der Waals surface area contributed by atoms with Crippen LogP contribution in [-0.2, 0) is 6.73 Å². The highest BCUT2D eigenvalue weighted by atomic mass is 32.1. The number of hydrogen-bond acceptors (Lipinski definition) is 6. The Labute approximate surface area is 184 Å². The van der Waals surface area contributed by atoms with E-state index < -0.39 is 12.5 Å². The van der Waals surface area contributed by atoms with Gasteiger partial charge in [0, 0.05) is 17.1 Å². The second-order valence-electron chi connectivity index (χ2n) is 6.36. The Kier molecular flexibility index (Phi) is 6.36. The van der Waals surface area contributed by atoms with Gasteiger partial charge in [0.25, 0.3) is 5.91 Å². The minimum atomic E-state index is -2.89. The summed E-state index contributed by atoms with van der Waals surface area (Å²) in [5, 5.41) is 8.90. The summed E-state index contributed by atoms with van der Waals surface area (Å²) in [5.41, 5.74) is 1.43. The maximum absolute atomic E-state index is 12.9. The van der Waals surface area contributed by atoms with Gasteiger partial charge >= 0.3 is 6.61 Å². The second-order valence-corrected chi connectivity index (χ2v) is 7.22. The van der Waals surface area contributed by atoms with Crippen LogP contribution in [0.25, 0.3) is 11.3 Å². The lowest BCUT2D eigenvalue weighted by molar-refractivity contribution is -0.0498. The number of alkyl halides is 2. The Balaban J connectivity index is 1.34. The zero-order valence-electron chi connectivity index (χ0n) is 16.2. The third-order valence-corrected chi connectivity index (χ3v) is 4.91. The lowest BCUT2D eigenvalue weighted by Crippen LogP contribution is -2.14. The molecule has 0 unspecified atom stereocenters. The first-order chi connectivity index (χ1) is 15.5. The number of rotatable bonds is 8. The van der Waals surface area contributed by atoms with E-state index in [1.54, 1.807) is 23.7 Å². The zero-order valence-corrected chi connectivity index (χ0v) is 17.1. The average Bonchev–Trinajstić information content (AvgIpc) is 3.43. The number of nitrogens with one attached hydrogen (secondary N) is 1. The minimum absolute atomic E-state index is 0.0472. The molecule has 0 radical (unpaired) electrons. The van der Waals surface area contributed by atoms with Crippen LogP contribution in [0.3, 0.4) is 0 Å². The Morgan fingerprint density at radius 3 is 2.50 bits per heavy atom. The van der Waals surface area contributed by atoms with Crippen molar-refractivity contribution >= 4 is 22.4 Å². The monoisotopic (exact) mass is 460 g/mol. The molecule has 4 rings (SSSR count). The van der Waals surface area contributed by atoms with E-state index in [4.69, 9.17) is 4.74 Å². The van der Waals surface area contributed by atoms with Crippen LogP contribution in [-0.4, -0.2) is 27.3 Å². The molecule has 4 aromatic rings. The van der Waals surface area contributed by atoms with Gasteiger partial charge in [-0.25, -0.2) is 14.1 Å². The van der Waals surface area contributed by atoms with Crippen molar-refractivity contribution in [3.05, 3.63) is 77.7 Å². The number of carbonyl (C=O) groups is 1. The van der Waals surface area contributed by atoms with Crippen LogP contribution in [0.4, 0.5) is 18.3 Å². The van der Waals surface area contributed by atoms with Crippen molar-refractivity contribution in [2.24, 2.45) is 0 Å². The molecule has 1 N–H and O–H groups in total. The summed E-state index contributed by atoms with van der Waals surface area (Å²) in [6, 6.07) is 13.1. The number of amides is 1. The molecule has 2 aromatic carbocycles. The van der Waals surface area contributed by atoms with E-state index in [1.807, 2.05) is 0 Å². The fourth-order valence-electron chi connectivity index (χ4n) is 2.66. The summed E-state index contributed by atoms with van der Waals surface area (Å²) in [6.45, 7) is -2.84. The first-order valence-electron chi connectivity index (χ1n) is 9.20. The van der Waals surface area contributed by atoms with Crippen molar-refractivity contribution in [1.29, 1.82) is 0 Å². The van der Waals surface area contributed by atoms with Crippen molar-refractivity contribution in [3.63, 3.8) is 0 Å². The number of anilines is 1. The fraction of sp³-hybridized carbons (Fsp3) is 0.0952. The van der Waals surface area contributed by atoms with Crippen LogP contribution < -0.4 is 14.8 Å². The maximum Gasteiger partial charge on any atom is 0.387 e. The van der Waals surface area contributed by atoms with Crippen molar-refractivity contribution in [3.8, 4) is 22.8 Å². The number of thiazole rings is 1. The molecule has 0 atom stereocenters. The van der Waals surface area contributed by atoms with Gasteiger partial charge in [0.1, 0.15) is 17.3 Å². The number of nitrogens with zero attached hydrogens (tertiary/aromatic N) is 3. The van der Waals surface area contributed by atoms with Crippen molar-refractivity contribution in [2.45, 2.75) is 13.3 Å². The predicted molar refractivity (Wildman–Crippen MR) is 111 cm³/mol. The summed E-state index contributed by atoms with van der Waals surface area (Å²) >= 11 is 1.21. The zero-order chi connectivity index (χ0) is 22.5. The normalized spacial score (nSPS) is 10.9. The smallest absolute Gasteiger partial charge is 0.387 e. The minimum Gasteiger partial charge on any atom is -0.471 e. The average molecular weight is 460 g/mol. The van der Waals surface area contributed by atoms with E-state index in [2.05, 4.69) is 20.1 Å². The molecule has 0 bridgehead atoms. The maximum atomic E-state index is 12.9. The Morgan fingerprint density at radius 2 is 1.78 bits per heavy atom. The van der Waals surface area contributed by atoms with Crippen LogP contribution in [0.15, 0.2) is 66.2 Å². The molecule has 0 saturated carbocycles. The lowest BCUT2D eigenvalue weighted by Gasteiger charge is -2.05. The summed E-state index contributed by atoms with van der Waals surface area (Å²) in [5.74, 6) is -0.297. The first kappa shape index (κ1) is 21.4. The molecule has 7 nitrogen and oxygen atoms in total. The van der Waals surface area contributed by atoms with Gasteiger partial charge in [-0.15, -0.1) is 11.3 Å². The number of carbonyl (C=O) groups excluding carboxylic acids is 1. The third kappa shape index (κ3) is 5.43. The van der Waals surface area contributed by atoms with Gasteiger partial charge in [-0.2, -0.15) is 13.9 Å². The van der Waals surface area contributed by atoms with Crippen LogP contribution in [0.2, 0.25) is 0 Å². The predicted octanol–water partition coefficient (Wildman–Crippen LogP) is 5.04. The summed E-state index contributed by atoms with van der Waals surface area (Å²) in [4.78, 5) is 16.8. The quantitative estimate of drug-likeness (QED) is 0.399. The number of benzene rings is 2. The number of aromatic nitrogens is 3. The van der Waals surface area contributed by atoms with E-state index >= 15 is 0 Å². The van der Waals surface area contributed by atoms with Crippen LogP contribution in [0.5, 0.6) is 11.5 Å². The molecule has 0 spiro atoms. The Bertz CT molecular complexity index is 1190. The number of ether oxygens (including phenoxy) is 2. The first-order valence-corrected chi connectivity index (χ1v) is 10.1. The summed E-state index contributed by atoms with van der Waals surface area (Å²) in [7, 11) is 0. The molecule has 0 aliphatic rings. The highest BCUT2D eigenvalue weighted by molar-refractivity contribution is 7.14. The molecule has 1 amide bonds. The molecule has 11 heteroatoms. The van der Waals surface area contributed by atoms with Crippen molar-refractivity contribution < 1.29 is 27.4 Å². The van der Waals surface area contributed by atoms with Gasteiger partial charge in [-0.3, -0.25) is 10.1 Å². The fourth-order valence-corrected chi connectivity index (χ4v) is 3.37. The van der Waals surface area contributed by atoms with Crippen LogP contribution in [0, 0.1) is 5.82 Å². The van der Waals surface area contributed by atoms with E-state index in [0.717, 1.165) is 0 Å². The summed E-state index contributed by atoms with van der Waals surface area (Å²) < 4.78 is 48.6. The summed E-state index contributed by atoms with van der Waals surface area (Å²) in [6.07, 6.45) is 1.58. The van der Waals surface area contributed by atoms with Gasteiger partial charge in [0.2, 0.25) is 0 Å². The molecule has 0 aliphatic heterocycles. The van der Waals surface area contributed by atoms with Crippen molar-refractivity contribution in [1.82, 2.24) is 14.8 Å². The van der Waals surface area contributed by atoms with Gasteiger partial charge in [-0.05, 0) is 54.6 Å². The van der Waals surface area contributed by atoms with Crippen LogP contribution in [0.1, 0.15) is 10.5 Å². The largest absolute Gasteiger partial charge is 0.471 e. The highest BCUT2D eigenvalue weighted by Gasteiger charge is 2.13. The topological polar surface area (TPSA) is 78.3 Å². The molecule has 32 heavy (non-hydrogen) atoms. The Morgan fingerprint density at radius 1 is 1.06 bits per heavy atom. The highest BCUT2D eigenvalue weighted by Crippen LogP contribution is 2.27. The second kappa shape index (κ2) is 9.52. The third-order valence-electron chi connectivity index (χ3n) is 4.15. The lowest BCUT2D eigenvalue weighted by atomic mass is 10.2. The van der Waals surface area contributed by atoms with Gasteiger partial charge in [0.15, 0.2) is 17.6 Å².